The number of carbonyl (C=O) groups excluding carboxylic acids is 2. The average Bonchev–Trinajstić information content (AvgIpc) is 2.25. The predicted octanol–water partition coefficient (Wildman–Crippen LogP) is -0.222. The molecule has 0 aromatic rings. The predicted molar refractivity (Wildman–Crippen MR) is 65.7 cm³/mol. The van der Waals surface area contributed by atoms with Gasteiger partial charge in [0.2, 0.25) is 5.91 Å². The maximum absolute atomic E-state index is 11.3. The molecular weight excluding hydrogens is 228 g/mol. The Hall–Kier alpha value is -1.50. The van der Waals surface area contributed by atoms with Gasteiger partial charge < -0.3 is 16.4 Å². The maximum atomic E-state index is 11.3. The van der Waals surface area contributed by atoms with Gasteiger partial charge in [-0.1, -0.05) is 0 Å². The molecule has 0 saturated carbocycles. The van der Waals surface area contributed by atoms with E-state index in [4.69, 9.17) is 5.73 Å². The van der Waals surface area contributed by atoms with Crippen molar-refractivity contribution in [2.45, 2.75) is 13.8 Å². The van der Waals surface area contributed by atoms with Crippen molar-refractivity contribution in [2.75, 3.05) is 13.3 Å². The Morgan fingerprint density at radius 3 is 2.25 bits per heavy atom. The molecule has 0 aromatic heterocycles. The second kappa shape index (κ2) is 6.89. The lowest BCUT2D eigenvalue weighted by Crippen LogP contribution is -2.31. The van der Waals surface area contributed by atoms with Crippen LogP contribution in [0.5, 0.6) is 0 Å². The maximum Gasteiger partial charge on any atom is 0.270 e. The summed E-state index contributed by atoms with van der Waals surface area (Å²) >= 11 is 1.39. The van der Waals surface area contributed by atoms with Crippen LogP contribution in [-0.2, 0) is 9.59 Å². The average molecular weight is 244 g/mol. The van der Waals surface area contributed by atoms with E-state index < -0.39 is 5.91 Å². The van der Waals surface area contributed by atoms with Gasteiger partial charge in [-0.2, -0.15) is 0 Å². The first-order chi connectivity index (χ1) is 7.42. The van der Waals surface area contributed by atoms with Crippen LogP contribution in [0, 0.1) is 0 Å². The van der Waals surface area contributed by atoms with Gasteiger partial charge in [0.05, 0.1) is 5.04 Å². The smallest absolute Gasteiger partial charge is 0.270 e. The highest BCUT2D eigenvalue weighted by atomic mass is 32.2. The number of likely N-dealkylation sites (N-methyl/N-ethyl adjacent to an activating group) is 1. The molecule has 0 aromatic carbocycles. The molecule has 0 saturated heterocycles. The number of nitrogens with two attached hydrogens (primary N) is 1. The number of thioether (sulfide) groups is 1. The molecule has 0 unspecified atom stereocenters. The molecule has 0 radical (unpaired) electrons. The Balaban J connectivity index is 5.22. The summed E-state index contributed by atoms with van der Waals surface area (Å²) in [5.41, 5.74) is 5.44. The Morgan fingerprint density at radius 2 is 1.88 bits per heavy atom. The zero-order chi connectivity index (χ0) is 12.7. The van der Waals surface area contributed by atoms with Crippen LogP contribution in [0.1, 0.15) is 13.8 Å². The highest BCUT2D eigenvalue weighted by Crippen LogP contribution is 2.04. The van der Waals surface area contributed by atoms with E-state index in [2.05, 4.69) is 15.6 Å². The molecule has 7 heteroatoms. The van der Waals surface area contributed by atoms with E-state index in [9.17, 15) is 9.59 Å². The van der Waals surface area contributed by atoms with Gasteiger partial charge in [0.25, 0.3) is 5.91 Å². The highest BCUT2D eigenvalue weighted by molar-refractivity contribution is 8.13. The third-order valence-corrected chi connectivity index (χ3v) is 2.27. The molecule has 6 nitrogen and oxygen atoms in total. The standard InChI is InChI=1S/C9H16N4O2S/c1-5(14)12-8(13-6(2)16-4)7(10)9(15)11-3/h10H2,1-4H3,(H,11,15)(H,12,14)/b8-7-,13-6?. The first kappa shape index (κ1) is 14.5. The fraction of sp³-hybridized carbons (Fsp3) is 0.444. The van der Waals surface area contributed by atoms with Crippen LogP contribution in [0.3, 0.4) is 0 Å². The zero-order valence-corrected chi connectivity index (χ0v) is 10.6. The molecule has 90 valence electrons. The first-order valence-corrected chi connectivity index (χ1v) is 5.73. The molecule has 0 aliphatic rings. The lowest BCUT2D eigenvalue weighted by molar-refractivity contribution is -0.118. The summed E-state index contributed by atoms with van der Waals surface area (Å²) in [7, 11) is 1.45. The highest BCUT2D eigenvalue weighted by Gasteiger charge is 2.11. The van der Waals surface area contributed by atoms with E-state index in [0.29, 0.717) is 5.04 Å². The number of aliphatic imine (C=N–C) groups is 1. The van der Waals surface area contributed by atoms with Gasteiger partial charge in [-0.25, -0.2) is 4.99 Å². The second-order valence-corrected chi connectivity index (χ2v) is 3.86. The molecule has 0 fully saturated rings. The summed E-state index contributed by atoms with van der Waals surface area (Å²) in [6, 6.07) is 0. The molecule has 0 heterocycles. The molecule has 4 N–H and O–H groups in total. The Kier molecular flexibility index (Phi) is 6.24. The van der Waals surface area contributed by atoms with Crippen LogP contribution >= 0.6 is 11.8 Å². The Labute approximate surface area is 98.8 Å². The molecule has 0 spiro atoms. The number of carbonyl (C=O) groups is 2. The van der Waals surface area contributed by atoms with Crippen molar-refractivity contribution in [2.24, 2.45) is 10.7 Å². The van der Waals surface area contributed by atoms with Crippen molar-refractivity contribution in [3.8, 4) is 0 Å². The molecule has 16 heavy (non-hydrogen) atoms. The summed E-state index contributed by atoms with van der Waals surface area (Å²) in [5.74, 6) is -0.750. The van der Waals surface area contributed by atoms with Crippen molar-refractivity contribution in [1.82, 2.24) is 10.6 Å². The van der Waals surface area contributed by atoms with Crippen molar-refractivity contribution in [1.29, 1.82) is 0 Å². The molecule has 0 aliphatic heterocycles. The van der Waals surface area contributed by atoms with Crippen molar-refractivity contribution >= 4 is 28.6 Å². The lowest BCUT2D eigenvalue weighted by Gasteiger charge is -2.08. The van der Waals surface area contributed by atoms with Gasteiger partial charge in [-0.05, 0) is 13.2 Å². The van der Waals surface area contributed by atoms with Crippen LogP contribution < -0.4 is 16.4 Å². The number of hydrogen-bond donors (Lipinski definition) is 3. The minimum absolute atomic E-state index is 0.0682. The summed E-state index contributed by atoms with van der Waals surface area (Å²) in [6.07, 6.45) is 1.83. The van der Waals surface area contributed by atoms with E-state index in [1.807, 2.05) is 6.26 Å². The van der Waals surface area contributed by atoms with Crippen molar-refractivity contribution in [3.63, 3.8) is 0 Å². The van der Waals surface area contributed by atoms with Gasteiger partial charge in [0, 0.05) is 14.0 Å². The third-order valence-electron chi connectivity index (χ3n) is 1.59. The molecule has 2 amide bonds. The lowest BCUT2D eigenvalue weighted by atomic mass is 10.4. The number of hydrogen-bond acceptors (Lipinski definition) is 5. The van der Waals surface area contributed by atoms with Crippen LogP contribution in [0.2, 0.25) is 0 Å². The number of rotatable bonds is 3. The van der Waals surface area contributed by atoms with Gasteiger partial charge in [0.15, 0.2) is 5.82 Å². The van der Waals surface area contributed by atoms with Crippen LogP contribution in [-0.4, -0.2) is 30.2 Å². The van der Waals surface area contributed by atoms with Crippen LogP contribution in [0.25, 0.3) is 0 Å². The van der Waals surface area contributed by atoms with E-state index in [-0.39, 0.29) is 17.4 Å². The SMILES string of the molecule is CNC(=O)/C(N)=C(/N=C(C)SC)NC(C)=O. The van der Waals surface area contributed by atoms with E-state index in [1.165, 1.54) is 25.7 Å². The fourth-order valence-corrected chi connectivity index (χ4v) is 0.950. The van der Waals surface area contributed by atoms with E-state index >= 15 is 0 Å². The van der Waals surface area contributed by atoms with E-state index in [1.54, 1.807) is 6.92 Å². The van der Waals surface area contributed by atoms with Gasteiger partial charge in [-0.15, -0.1) is 11.8 Å². The summed E-state index contributed by atoms with van der Waals surface area (Å²) in [5, 5.41) is 5.47. The summed E-state index contributed by atoms with van der Waals surface area (Å²) in [6.45, 7) is 3.07. The normalized spacial score (nSPS) is 12.9. The summed E-state index contributed by atoms with van der Waals surface area (Å²) in [4.78, 5) is 26.3. The monoisotopic (exact) mass is 244 g/mol. The van der Waals surface area contributed by atoms with Crippen molar-refractivity contribution in [3.05, 3.63) is 11.5 Å². The minimum atomic E-state index is -0.485. The Morgan fingerprint density at radius 1 is 1.31 bits per heavy atom. The fourth-order valence-electron chi connectivity index (χ4n) is 0.768. The van der Waals surface area contributed by atoms with E-state index in [0.717, 1.165) is 0 Å². The molecule has 0 atom stereocenters. The topological polar surface area (TPSA) is 96.6 Å². The molecule has 0 bridgehead atoms. The molecular formula is C9H16N4O2S. The van der Waals surface area contributed by atoms with Crippen LogP contribution in [0.4, 0.5) is 0 Å². The quantitative estimate of drug-likeness (QED) is 0.363. The molecule has 0 aliphatic carbocycles. The first-order valence-electron chi connectivity index (χ1n) is 4.51. The van der Waals surface area contributed by atoms with Gasteiger partial charge in [-0.3, -0.25) is 9.59 Å². The van der Waals surface area contributed by atoms with Gasteiger partial charge in [0.1, 0.15) is 5.70 Å². The zero-order valence-electron chi connectivity index (χ0n) is 9.75. The number of nitrogens with one attached hydrogen (secondary N) is 2. The largest absolute Gasteiger partial charge is 0.391 e. The molecule has 0 rings (SSSR count). The second-order valence-electron chi connectivity index (χ2n) is 2.86. The van der Waals surface area contributed by atoms with Gasteiger partial charge >= 0.3 is 0 Å². The summed E-state index contributed by atoms with van der Waals surface area (Å²) < 4.78 is 0. The minimum Gasteiger partial charge on any atom is -0.391 e. The van der Waals surface area contributed by atoms with Crippen molar-refractivity contribution < 1.29 is 9.59 Å². The Bertz CT molecular complexity index is 349. The number of nitrogens with zero attached hydrogens (tertiary/aromatic N) is 1. The third kappa shape index (κ3) is 4.83. The van der Waals surface area contributed by atoms with Crippen LogP contribution in [0.15, 0.2) is 16.5 Å². The number of amides is 2.